The van der Waals surface area contributed by atoms with Crippen molar-refractivity contribution in [1.82, 2.24) is 15.1 Å². The Morgan fingerprint density at radius 3 is 2.83 bits per heavy atom. The molecule has 3 aromatic heterocycles. The molecule has 0 saturated heterocycles. The molecule has 0 aliphatic heterocycles. The first-order chi connectivity index (χ1) is 8.74. The van der Waals surface area contributed by atoms with E-state index in [4.69, 9.17) is 10.3 Å². The Morgan fingerprint density at radius 1 is 1.28 bits per heavy atom. The number of rotatable bonds is 2. The van der Waals surface area contributed by atoms with Gasteiger partial charge in [0.15, 0.2) is 0 Å². The minimum Gasteiger partial charge on any atom is -0.397 e. The smallest absolute Gasteiger partial charge is 0.270 e. The highest BCUT2D eigenvalue weighted by atomic mass is 79.9. The number of hydrogen-bond acceptors (Lipinski definition) is 6. The van der Waals surface area contributed by atoms with Gasteiger partial charge >= 0.3 is 0 Å². The molecule has 5 nitrogen and oxygen atoms in total. The van der Waals surface area contributed by atoms with Crippen LogP contribution in [0.15, 0.2) is 38.8 Å². The van der Waals surface area contributed by atoms with E-state index in [0.717, 1.165) is 9.35 Å². The molecule has 0 amide bonds. The van der Waals surface area contributed by atoms with Crippen LogP contribution in [0.2, 0.25) is 0 Å². The quantitative estimate of drug-likeness (QED) is 0.783. The van der Waals surface area contributed by atoms with E-state index in [2.05, 4.69) is 31.1 Å². The molecule has 0 aliphatic carbocycles. The van der Waals surface area contributed by atoms with Crippen molar-refractivity contribution < 1.29 is 4.52 Å². The van der Waals surface area contributed by atoms with Gasteiger partial charge in [-0.25, -0.2) is 0 Å². The summed E-state index contributed by atoms with van der Waals surface area (Å²) in [6.07, 6.45) is 1.69. The van der Waals surface area contributed by atoms with E-state index in [1.54, 1.807) is 6.20 Å². The maximum atomic E-state index is 5.80. The van der Waals surface area contributed by atoms with Gasteiger partial charge in [-0.3, -0.25) is 4.98 Å². The monoisotopic (exact) mass is 322 g/mol. The van der Waals surface area contributed by atoms with Crippen LogP contribution in [-0.4, -0.2) is 15.1 Å². The lowest BCUT2D eigenvalue weighted by Crippen LogP contribution is -1.86. The molecular weight excluding hydrogens is 316 g/mol. The number of thiophene rings is 1. The molecule has 0 saturated carbocycles. The fraction of sp³-hybridized carbons (Fsp3) is 0. The highest BCUT2D eigenvalue weighted by Gasteiger charge is 2.14. The molecule has 0 aromatic carbocycles. The zero-order valence-electron chi connectivity index (χ0n) is 9.00. The highest BCUT2D eigenvalue weighted by Crippen LogP contribution is 2.31. The third kappa shape index (κ3) is 2.02. The van der Waals surface area contributed by atoms with Crippen molar-refractivity contribution in [2.45, 2.75) is 0 Å². The van der Waals surface area contributed by atoms with Crippen LogP contribution in [0.4, 0.5) is 5.69 Å². The summed E-state index contributed by atoms with van der Waals surface area (Å²) in [6.45, 7) is 0. The van der Waals surface area contributed by atoms with Crippen LogP contribution in [0.5, 0.6) is 0 Å². The fourth-order valence-corrected chi connectivity index (χ4v) is 2.39. The van der Waals surface area contributed by atoms with Crippen molar-refractivity contribution in [3.63, 3.8) is 0 Å². The van der Waals surface area contributed by atoms with Crippen LogP contribution < -0.4 is 5.73 Å². The highest BCUT2D eigenvalue weighted by molar-refractivity contribution is 9.10. The number of anilines is 1. The van der Waals surface area contributed by atoms with E-state index in [9.17, 15) is 0 Å². The van der Waals surface area contributed by atoms with Crippen LogP contribution >= 0.6 is 27.3 Å². The standard InChI is InChI=1S/C11H7BrN4OS/c12-6-1-2-8(14-5-6)10-15-11(17-16-10)9-7(13)3-4-18-9/h1-5H,13H2. The van der Waals surface area contributed by atoms with E-state index in [1.165, 1.54) is 11.3 Å². The second kappa shape index (κ2) is 4.51. The first-order valence-electron chi connectivity index (χ1n) is 5.03. The summed E-state index contributed by atoms with van der Waals surface area (Å²) in [5.74, 6) is 0.868. The zero-order valence-corrected chi connectivity index (χ0v) is 11.4. The van der Waals surface area contributed by atoms with Gasteiger partial charge in [0.1, 0.15) is 10.6 Å². The molecule has 0 spiro atoms. The van der Waals surface area contributed by atoms with Crippen LogP contribution in [0.1, 0.15) is 0 Å². The van der Waals surface area contributed by atoms with E-state index < -0.39 is 0 Å². The Balaban J connectivity index is 1.99. The van der Waals surface area contributed by atoms with Crippen molar-refractivity contribution >= 4 is 33.0 Å². The summed E-state index contributed by atoms with van der Waals surface area (Å²) in [5, 5.41) is 5.78. The molecule has 18 heavy (non-hydrogen) atoms. The van der Waals surface area contributed by atoms with Crippen molar-refractivity contribution in [2.75, 3.05) is 5.73 Å². The molecule has 3 rings (SSSR count). The molecule has 2 N–H and O–H groups in total. The number of nitrogens with two attached hydrogens (primary N) is 1. The van der Waals surface area contributed by atoms with Gasteiger partial charge in [0.05, 0.1) is 5.69 Å². The molecule has 3 aromatic rings. The molecule has 0 aliphatic rings. The van der Waals surface area contributed by atoms with E-state index in [-0.39, 0.29) is 0 Å². The minimum absolute atomic E-state index is 0.419. The summed E-state index contributed by atoms with van der Waals surface area (Å²) in [7, 11) is 0. The topological polar surface area (TPSA) is 77.8 Å². The molecular formula is C11H7BrN4OS. The molecule has 0 atom stereocenters. The Morgan fingerprint density at radius 2 is 2.17 bits per heavy atom. The van der Waals surface area contributed by atoms with Crippen molar-refractivity contribution in [3.05, 3.63) is 34.2 Å². The number of hydrogen-bond donors (Lipinski definition) is 1. The van der Waals surface area contributed by atoms with Gasteiger partial charge in [0, 0.05) is 10.7 Å². The normalized spacial score (nSPS) is 10.7. The number of halogens is 1. The molecule has 0 unspecified atom stereocenters. The Hall–Kier alpha value is -1.73. The Labute approximate surface area is 115 Å². The van der Waals surface area contributed by atoms with Gasteiger partial charge in [-0.15, -0.1) is 11.3 Å². The Bertz CT molecular complexity index is 676. The maximum Gasteiger partial charge on any atom is 0.270 e. The zero-order chi connectivity index (χ0) is 12.5. The third-order valence-corrected chi connectivity index (χ3v) is 3.66. The van der Waals surface area contributed by atoms with Crippen LogP contribution in [0.25, 0.3) is 22.3 Å². The predicted octanol–water partition coefficient (Wildman–Crippen LogP) is 3.20. The molecule has 0 radical (unpaired) electrons. The van der Waals surface area contributed by atoms with Gasteiger partial charge in [-0.05, 0) is 39.5 Å². The molecule has 0 bridgehead atoms. The van der Waals surface area contributed by atoms with Gasteiger partial charge in [0.2, 0.25) is 5.82 Å². The molecule has 7 heteroatoms. The average Bonchev–Trinajstić information content (AvgIpc) is 2.98. The van der Waals surface area contributed by atoms with Gasteiger partial charge in [-0.1, -0.05) is 5.16 Å². The number of nitrogens with zero attached hydrogens (tertiary/aromatic N) is 3. The summed E-state index contributed by atoms with van der Waals surface area (Å²) in [6, 6.07) is 5.50. The Kier molecular flexibility index (Phi) is 2.85. The van der Waals surface area contributed by atoms with Gasteiger partial charge in [-0.2, -0.15) is 4.98 Å². The number of nitrogen functional groups attached to an aromatic ring is 1. The van der Waals surface area contributed by atoms with Crippen LogP contribution in [0.3, 0.4) is 0 Å². The van der Waals surface area contributed by atoms with E-state index in [1.807, 2.05) is 23.6 Å². The summed E-state index contributed by atoms with van der Waals surface area (Å²) in [4.78, 5) is 9.28. The number of aromatic nitrogens is 3. The summed E-state index contributed by atoms with van der Waals surface area (Å²) < 4.78 is 6.09. The summed E-state index contributed by atoms with van der Waals surface area (Å²) >= 11 is 4.79. The molecule has 0 fully saturated rings. The lowest BCUT2D eigenvalue weighted by atomic mass is 10.3. The second-order valence-corrected chi connectivity index (χ2v) is 5.32. The summed E-state index contributed by atoms with van der Waals surface area (Å²) in [5.41, 5.74) is 7.09. The first kappa shape index (κ1) is 11.4. The SMILES string of the molecule is Nc1ccsc1-c1nc(-c2ccc(Br)cn2)no1. The van der Waals surface area contributed by atoms with Crippen molar-refractivity contribution in [1.29, 1.82) is 0 Å². The average molecular weight is 323 g/mol. The molecule has 90 valence electrons. The largest absolute Gasteiger partial charge is 0.397 e. The number of pyridine rings is 1. The third-order valence-electron chi connectivity index (χ3n) is 2.27. The van der Waals surface area contributed by atoms with Crippen LogP contribution in [-0.2, 0) is 0 Å². The first-order valence-corrected chi connectivity index (χ1v) is 6.70. The lowest BCUT2D eigenvalue weighted by molar-refractivity contribution is 0.433. The maximum absolute atomic E-state index is 5.80. The minimum atomic E-state index is 0.419. The lowest BCUT2D eigenvalue weighted by Gasteiger charge is -1.92. The predicted molar refractivity (Wildman–Crippen MR) is 73.0 cm³/mol. The second-order valence-electron chi connectivity index (χ2n) is 3.49. The van der Waals surface area contributed by atoms with E-state index in [0.29, 0.717) is 23.1 Å². The van der Waals surface area contributed by atoms with Crippen molar-refractivity contribution in [3.8, 4) is 22.3 Å². The van der Waals surface area contributed by atoms with Gasteiger partial charge < -0.3 is 10.3 Å². The van der Waals surface area contributed by atoms with E-state index >= 15 is 0 Å². The van der Waals surface area contributed by atoms with Gasteiger partial charge in [0.25, 0.3) is 5.89 Å². The van der Waals surface area contributed by atoms with Crippen LogP contribution in [0, 0.1) is 0 Å². The fourth-order valence-electron chi connectivity index (χ4n) is 1.42. The van der Waals surface area contributed by atoms with Crippen molar-refractivity contribution in [2.24, 2.45) is 0 Å². The molecule has 3 heterocycles.